The molecule has 3 nitrogen and oxygen atoms in total. The van der Waals surface area contributed by atoms with Crippen molar-refractivity contribution in [2.75, 3.05) is 12.0 Å². The van der Waals surface area contributed by atoms with Crippen molar-refractivity contribution in [2.45, 2.75) is 44.9 Å². The van der Waals surface area contributed by atoms with E-state index in [1.807, 2.05) is 0 Å². The van der Waals surface area contributed by atoms with Crippen LogP contribution in [0, 0.1) is 29.6 Å². The average molecular weight is 284 g/mol. The lowest BCUT2D eigenvalue weighted by Crippen LogP contribution is -2.48. The molecule has 0 amide bonds. The fourth-order valence-electron chi connectivity index (χ4n) is 5.13. The zero-order valence-electron chi connectivity index (χ0n) is 11.7. The third kappa shape index (κ3) is 2.88. The summed E-state index contributed by atoms with van der Waals surface area (Å²) in [7, 11) is -2.92. The second kappa shape index (κ2) is 4.87. The van der Waals surface area contributed by atoms with Crippen LogP contribution in [0.25, 0.3) is 0 Å². The van der Waals surface area contributed by atoms with Crippen molar-refractivity contribution in [1.29, 1.82) is 0 Å². The summed E-state index contributed by atoms with van der Waals surface area (Å²) in [5.41, 5.74) is 0. The van der Waals surface area contributed by atoms with E-state index in [2.05, 4.69) is 0 Å². The highest BCUT2D eigenvalue weighted by molar-refractivity contribution is 7.90. The van der Waals surface area contributed by atoms with Crippen molar-refractivity contribution in [3.8, 4) is 0 Å². The largest absolute Gasteiger partial charge is 0.299 e. The number of hydrogen-bond acceptors (Lipinski definition) is 3. The van der Waals surface area contributed by atoms with Crippen LogP contribution in [0.4, 0.5) is 0 Å². The summed E-state index contributed by atoms with van der Waals surface area (Å²) in [5, 5.41) is 0. The van der Waals surface area contributed by atoms with Crippen LogP contribution < -0.4 is 0 Å². The minimum absolute atomic E-state index is 0.159. The summed E-state index contributed by atoms with van der Waals surface area (Å²) in [6.45, 7) is 0. The normalized spacial score (nSPS) is 40.6. The molecule has 0 heterocycles. The Hall–Kier alpha value is -0.380. The van der Waals surface area contributed by atoms with Gasteiger partial charge in [-0.25, -0.2) is 8.42 Å². The zero-order chi connectivity index (χ0) is 13.6. The van der Waals surface area contributed by atoms with Crippen LogP contribution in [-0.4, -0.2) is 26.2 Å². The van der Waals surface area contributed by atoms with Gasteiger partial charge in [-0.1, -0.05) is 0 Å². The summed E-state index contributed by atoms with van der Waals surface area (Å²) >= 11 is 0. The van der Waals surface area contributed by atoms with Crippen molar-refractivity contribution in [3.05, 3.63) is 0 Å². The summed E-state index contributed by atoms with van der Waals surface area (Å²) in [5.74, 6) is 3.82. The fourth-order valence-corrected chi connectivity index (χ4v) is 5.79. The second-order valence-electron chi connectivity index (χ2n) is 7.16. The molecule has 0 aromatic rings. The van der Waals surface area contributed by atoms with Crippen LogP contribution in [0.5, 0.6) is 0 Å². The molecule has 4 fully saturated rings. The molecule has 0 radical (unpaired) electrons. The Labute approximate surface area is 116 Å². The Morgan fingerprint density at radius 2 is 1.53 bits per heavy atom. The monoisotopic (exact) mass is 284 g/mol. The lowest BCUT2D eigenvalue weighted by molar-refractivity contribution is -0.135. The lowest BCUT2D eigenvalue weighted by atomic mass is 9.51. The number of rotatable bonds is 5. The van der Waals surface area contributed by atoms with E-state index in [0.717, 1.165) is 11.8 Å². The second-order valence-corrected chi connectivity index (χ2v) is 9.42. The quantitative estimate of drug-likeness (QED) is 0.779. The van der Waals surface area contributed by atoms with Crippen LogP contribution >= 0.6 is 0 Å². The van der Waals surface area contributed by atoms with Gasteiger partial charge in [0.15, 0.2) is 0 Å². The van der Waals surface area contributed by atoms with E-state index in [0.29, 0.717) is 30.5 Å². The van der Waals surface area contributed by atoms with Crippen molar-refractivity contribution in [3.63, 3.8) is 0 Å². The maximum absolute atomic E-state index is 12.4. The molecule has 4 rings (SSSR count). The predicted octanol–water partition coefficient (Wildman–Crippen LogP) is 2.45. The van der Waals surface area contributed by atoms with E-state index in [1.54, 1.807) is 0 Å². The molecule has 0 aromatic carbocycles. The highest BCUT2D eigenvalue weighted by Crippen LogP contribution is 2.56. The van der Waals surface area contributed by atoms with Gasteiger partial charge in [0.2, 0.25) is 0 Å². The van der Waals surface area contributed by atoms with E-state index in [1.165, 1.54) is 38.4 Å². The molecule has 108 valence electrons. The number of sulfone groups is 1. The molecule has 4 heteroatoms. The molecule has 0 spiro atoms. The topological polar surface area (TPSA) is 51.2 Å². The Bertz CT molecular complexity index is 438. The SMILES string of the molecule is CS(=O)(=O)CCCC(=O)C1C2CC3CC(C2)CC1C3. The number of carbonyl (C=O) groups excluding carboxylic acids is 1. The summed E-state index contributed by atoms with van der Waals surface area (Å²) in [4.78, 5) is 12.4. The first kappa shape index (κ1) is 13.6. The van der Waals surface area contributed by atoms with Crippen LogP contribution in [0.3, 0.4) is 0 Å². The van der Waals surface area contributed by atoms with Gasteiger partial charge in [0.1, 0.15) is 15.6 Å². The average Bonchev–Trinajstić information content (AvgIpc) is 2.25. The molecule has 0 aliphatic heterocycles. The number of carbonyl (C=O) groups is 1. The van der Waals surface area contributed by atoms with Crippen LogP contribution in [0.15, 0.2) is 0 Å². The summed E-state index contributed by atoms with van der Waals surface area (Å²) in [6.07, 6.45) is 8.68. The molecule has 19 heavy (non-hydrogen) atoms. The summed E-state index contributed by atoms with van der Waals surface area (Å²) < 4.78 is 22.2. The van der Waals surface area contributed by atoms with E-state index >= 15 is 0 Å². The van der Waals surface area contributed by atoms with Gasteiger partial charge in [0.25, 0.3) is 0 Å². The molecular weight excluding hydrogens is 260 g/mol. The van der Waals surface area contributed by atoms with E-state index in [4.69, 9.17) is 0 Å². The predicted molar refractivity (Wildman–Crippen MR) is 74.5 cm³/mol. The molecule has 0 atom stereocenters. The first-order valence-corrected chi connectivity index (χ1v) is 9.69. The molecule has 4 aliphatic rings. The highest BCUT2D eigenvalue weighted by atomic mass is 32.2. The molecule has 0 unspecified atom stereocenters. The van der Waals surface area contributed by atoms with Crippen molar-refractivity contribution < 1.29 is 13.2 Å². The highest BCUT2D eigenvalue weighted by Gasteiger charge is 2.50. The Kier molecular flexibility index (Phi) is 3.48. The van der Waals surface area contributed by atoms with Gasteiger partial charge >= 0.3 is 0 Å². The lowest BCUT2D eigenvalue weighted by Gasteiger charge is -2.53. The van der Waals surface area contributed by atoms with E-state index in [-0.39, 0.29) is 11.7 Å². The molecule has 4 bridgehead atoms. The number of Topliss-reactive ketones (excluding diaryl/α,β-unsaturated/α-hetero) is 1. The minimum atomic E-state index is -2.92. The zero-order valence-corrected chi connectivity index (χ0v) is 12.5. The summed E-state index contributed by atoms with van der Waals surface area (Å²) in [6, 6.07) is 0. The molecule has 4 aliphatic carbocycles. The maximum atomic E-state index is 12.4. The standard InChI is InChI=1S/C15H24O3S/c1-19(17,18)4-2-3-14(16)15-12-6-10-5-11(8-12)9-13(15)7-10/h10-13,15H,2-9H2,1H3. The number of hydrogen-bond donors (Lipinski definition) is 0. The smallest absolute Gasteiger partial charge is 0.147 e. The Morgan fingerprint density at radius 3 is 2.00 bits per heavy atom. The van der Waals surface area contributed by atoms with E-state index in [9.17, 15) is 13.2 Å². The van der Waals surface area contributed by atoms with Crippen LogP contribution in [0.1, 0.15) is 44.9 Å². The first-order valence-electron chi connectivity index (χ1n) is 7.63. The minimum Gasteiger partial charge on any atom is -0.299 e. The van der Waals surface area contributed by atoms with Gasteiger partial charge < -0.3 is 0 Å². The van der Waals surface area contributed by atoms with Gasteiger partial charge in [-0.15, -0.1) is 0 Å². The van der Waals surface area contributed by atoms with Crippen molar-refractivity contribution >= 4 is 15.6 Å². The molecule has 0 N–H and O–H groups in total. The van der Waals surface area contributed by atoms with E-state index < -0.39 is 9.84 Å². The van der Waals surface area contributed by atoms with Crippen LogP contribution in [0.2, 0.25) is 0 Å². The Balaban J connectivity index is 1.58. The first-order chi connectivity index (χ1) is 8.92. The van der Waals surface area contributed by atoms with Crippen molar-refractivity contribution in [2.24, 2.45) is 29.6 Å². The fraction of sp³-hybridized carbons (Fsp3) is 0.933. The van der Waals surface area contributed by atoms with Crippen LogP contribution in [-0.2, 0) is 14.6 Å². The van der Waals surface area contributed by atoms with Gasteiger partial charge in [0, 0.05) is 18.6 Å². The molecule has 0 saturated heterocycles. The van der Waals surface area contributed by atoms with Gasteiger partial charge in [-0.05, 0) is 62.2 Å². The number of ketones is 1. The van der Waals surface area contributed by atoms with Crippen molar-refractivity contribution in [1.82, 2.24) is 0 Å². The van der Waals surface area contributed by atoms with Gasteiger partial charge in [-0.2, -0.15) is 0 Å². The third-order valence-electron chi connectivity index (χ3n) is 5.54. The van der Waals surface area contributed by atoms with Gasteiger partial charge in [-0.3, -0.25) is 4.79 Å². The third-order valence-corrected chi connectivity index (χ3v) is 6.57. The molecule has 4 saturated carbocycles. The maximum Gasteiger partial charge on any atom is 0.147 e. The Morgan fingerprint density at radius 1 is 1.00 bits per heavy atom. The molecular formula is C15H24O3S. The van der Waals surface area contributed by atoms with Gasteiger partial charge in [0.05, 0.1) is 5.75 Å². The molecule has 0 aromatic heterocycles.